The van der Waals surface area contributed by atoms with Crippen LogP contribution in [0.2, 0.25) is 0 Å². The van der Waals surface area contributed by atoms with Gasteiger partial charge in [0.1, 0.15) is 43.9 Å². The predicted octanol–water partition coefficient (Wildman–Crippen LogP) is 7.50. The molecule has 1 saturated heterocycles. The Hall–Kier alpha value is -2.02. The van der Waals surface area contributed by atoms with Crippen LogP contribution < -0.4 is 0 Å². The highest BCUT2D eigenvalue weighted by molar-refractivity contribution is 8.34. The zero-order valence-electron chi connectivity index (χ0n) is 16.2. The zero-order valence-corrected chi connectivity index (χ0v) is 21.1. The van der Waals surface area contributed by atoms with Crippen molar-refractivity contribution in [3.8, 4) is 24.3 Å². The summed E-state index contributed by atoms with van der Waals surface area (Å²) < 4.78 is 2.71. The molecule has 0 spiro atoms. The quantitative estimate of drug-likeness (QED) is 0.325. The number of nitriles is 4. The molecule has 1 fully saturated rings. The first-order valence-electron chi connectivity index (χ1n) is 8.88. The molecule has 0 aliphatic carbocycles. The molecule has 3 rings (SSSR count). The third-order valence-corrected chi connectivity index (χ3v) is 11.3. The second-order valence-corrected chi connectivity index (χ2v) is 13.6. The van der Waals surface area contributed by atoms with E-state index >= 15 is 0 Å². The van der Waals surface area contributed by atoms with Crippen LogP contribution in [0, 0.1) is 45.3 Å². The van der Waals surface area contributed by atoms with Gasteiger partial charge in [0.05, 0.1) is 17.6 Å². The summed E-state index contributed by atoms with van der Waals surface area (Å²) in [6, 6.07) is 8.20. The molecule has 0 atom stereocenters. The van der Waals surface area contributed by atoms with Gasteiger partial charge in [-0.1, -0.05) is 95.7 Å². The highest BCUT2D eigenvalue weighted by Crippen LogP contribution is 2.50. The Balaban J connectivity index is 1.34. The largest absolute Gasteiger partial charge is 0.192 e. The molecule has 3 aliphatic heterocycles. The van der Waals surface area contributed by atoms with Crippen LogP contribution in [0.15, 0.2) is 88.9 Å². The lowest BCUT2D eigenvalue weighted by atomic mass is 10.4. The van der Waals surface area contributed by atoms with Crippen molar-refractivity contribution >= 4 is 70.6 Å². The van der Waals surface area contributed by atoms with Gasteiger partial charge in [-0.3, -0.25) is 0 Å². The van der Waals surface area contributed by atoms with Gasteiger partial charge in [0.2, 0.25) is 0 Å². The molecule has 32 heavy (non-hydrogen) atoms. The van der Waals surface area contributed by atoms with Gasteiger partial charge in [0.15, 0.2) is 0 Å². The molecule has 156 valence electrons. The van der Waals surface area contributed by atoms with Crippen LogP contribution in [0.1, 0.15) is 0 Å². The van der Waals surface area contributed by atoms with Crippen LogP contribution in [0.25, 0.3) is 0 Å². The van der Waals surface area contributed by atoms with Crippen LogP contribution in [0.5, 0.6) is 0 Å². The first-order chi connectivity index (χ1) is 15.7. The number of hydrogen-bond acceptors (Lipinski definition) is 10. The van der Waals surface area contributed by atoms with E-state index in [2.05, 4.69) is 36.4 Å². The van der Waals surface area contributed by atoms with Gasteiger partial charge in [0, 0.05) is 0 Å². The minimum atomic E-state index is 0.423. The first-order valence-corrected chi connectivity index (χ1v) is 14.0. The fourth-order valence-electron chi connectivity index (χ4n) is 2.22. The standard InChI is InChI=1S/C22H12N4S6/c23-11-15-16(12-24)28-19(27-15)7-3-1-5-9-21-31-22(32-21)10-6-2-4-8-20-29-17(13-25)18(14-26)30-20/h1-10,21-22H/b3-1+,4-2+,9-5+,10-6+. The Bertz CT molecular complexity index is 1030. The Morgan fingerprint density at radius 2 is 0.844 bits per heavy atom. The van der Waals surface area contributed by atoms with Gasteiger partial charge >= 0.3 is 0 Å². The van der Waals surface area contributed by atoms with Gasteiger partial charge in [-0.25, -0.2) is 0 Å². The van der Waals surface area contributed by atoms with E-state index < -0.39 is 0 Å². The number of nitrogens with zero attached hydrogens (tertiary/aromatic N) is 4. The number of thioether (sulfide) groups is 6. The highest BCUT2D eigenvalue weighted by atomic mass is 32.3. The minimum Gasteiger partial charge on any atom is -0.192 e. The zero-order chi connectivity index (χ0) is 22.8. The molecule has 0 saturated carbocycles. The Morgan fingerprint density at radius 1 is 0.500 bits per heavy atom. The summed E-state index contributed by atoms with van der Waals surface area (Å²) in [6.45, 7) is 0. The Labute approximate surface area is 212 Å². The molecule has 4 nitrogen and oxygen atoms in total. The Morgan fingerprint density at radius 3 is 1.16 bits per heavy atom. The maximum Gasteiger partial charge on any atom is 0.115 e. The summed E-state index contributed by atoms with van der Waals surface area (Å²) in [4.78, 5) is 1.87. The van der Waals surface area contributed by atoms with Crippen molar-refractivity contribution in [1.29, 1.82) is 21.0 Å². The lowest BCUT2D eigenvalue weighted by Gasteiger charge is -2.29. The monoisotopic (exact) mass is 524 g/mol. The minimum absolute atomic E-state index is 0.423. The second kappa shape index (κ2) is 12.9. The van der Waals surface area contributed by atoms with Crippen LogP contribution in [0.3, 0.4) is 0 Å². The molecule has 0 aromatic carbocycles. The molecule has 0 N–H and O–H groups in total. The van der Waals surface area contributed by atoms with Crippen molar-refractivity contribution < 1.29 is 0 Å². The molecule has 0 amide bonds. The van der Waals surface area contributed by atoms with E-state index in [1.165, 1.54) is 47.0 Å². The molecular weight excluding hydrogens is 513 g/mol. The number of hydrogen-bond donors (Lipinski definition) is 0. The summed E-state index contributed by atoms with van der Waals surface area (Å²) >= 11 is 9.07. The van der Waals surface area contributed by atoms with Gasteiger partial charge in [0.25, 0.3) is 0 Å². The summed E-state index contributed by atoms with van der Waals surface area (Å²) in [6.07, 6.45) is 19.9. The van der Waals surface area contributed by atoms with Crippen molar-refractivity contribution in [3.05, 3.63) is 88.9 Å². The molecule has 0 unspecified atom stereocenters. The van der Waals surface area contributed by atoms with E-state index in [0.29, 0.717) is 28.8 Å². The number of rotatable bonds is 6. The third kappa shape index (κ3) is 6.99. The molecule has 10 heteroatoms. The normalized spacial score (nSPS) is 23.1. The smallest absolute Gasteiger partial charge is 0.115 e. The predicted molar refractivity (Wildman–Crippen MR) is 142 cm³/mol. The highest BCUT2D eigenvalue weighted by Gasteiger charge is 2.26. The van der Waals surface area contributed by atoms with E-state index in [1.807, 2.05) is 72.1 Å². The third-order valence-electron chi connectivity index (χ3n) is 3.61. The topological polar surface area (TPSA) is 95.2 Å². The van der Waals surface area contributed by atoms with Crippen LogP contribution in [0.4, 0.5) is 0 Å². The fraction of sp³-hybridized carbons (Fsp3) is 0.0909. The molecule has 0 radical (unpaired) electrons. The average Bonchev–Trinajstić information content (AvgIpc) is 3.38. The molecule has 3 aliphatic rings. The summed E-state index contributed by atoms with van der Waals surface area (Å²) in [5.41, 5.74) is 0. The molecule has 0 aromatic rings. The molecular formula is C22H12N4S6. The van der Waals surface area contributed by atoms with Gasteiger partial charge in [-0.05, 0) is 12.2 Å². The van der Waals surface area contributed by atoms with E-state index in [1.54, 1.807) is 0 Å². The van der Waals surface area contributed by atoms with Gasteiger partial charge in [-0.2, -0.15) is 21.0 Å². The first kappa shape index (κ1) is 24.6. The van der Waals surface area contributed by atoms with E-state index in [4.69, 9.17) is 21.0 Å². The van der Waals surface area contributed by atoms with Crippen molar-refractivity contribution in [2.75, 3.05) is 0 Å². The van der Waals surface area contributed by atoms with Crippen LogP contribution in [-0.2, 0) is 0 Å². The lowest BCUT2D eigenvalue weighted by molar-refractivity contribution is 1.48. The van der Waals surface area contributed by atoms with Crippen LogP contribution in [-0.4, -0.2) is 9.16 Å². The summed E-state index contributed by atoms with van der Waals surface area (Å²) in [5, 5.41) is 35.9. The molecule has 0 bridgehead atoms. The fourth-order valence-corrected chi connectivity index (χ4v) is 8.56. The van der Waals surface area contributed by atoms with Gasteiger partial charge in [-0.15, -0.1) is 23.5 Å². The summed E-state index contributed by atoms with van der Waals surface area (Å²) in [7, 11) is 0. The lowest BCUT2D eigenvalue weighted by Crippen LogP contribution is -2.14. The van der Waals surface area contributed by atoms with Crippen molar-refractivity contribution in [2.45, 2.75) is 9.16 Å². The maximum atomic E-state index is 8.98. The Kier molecular flexibility index (Phi) is 9.90. The molecule has 0 aromatic heterocycles. The molecule has 3 heterocycles. The second-order valence-electron chi connectivity index (χ2n) is 5.69. The van der Waals surface area contributed by atoms with Crippen LogP contribution >= 0.6 is 70.6 Å². The van der Waals surface area contributed by atoms with E-state index in [9.17, 15) is 0 Å². The van der Waals surface area contributed by atoms with Gasteiger partial charge < -0.3 is 0 Å². The van der Waals surface area contributed by atoms with E-state index in [-0.39, 0.29) is 0 Å². The maximum absolute atomic E-state index is 8.98. The van der Waals surface area contributed by atoms with Crippen molar-refractivity contribution in [1.82, 2.24) is 0 Å². The van der Waals surface area contributed by atoms with Crippen molar-refractivity contribution in [2.24, 2.45) is 0 Å². The number of allylic oxidation sites excluding steroid dienone is 12. The van der Waals surface area contributed by atoms with Crippen molar-refractivity contribution in [3.63, 3.8) is 0 Å². The average molecular weight is 525 g/mol. The summed E-state index contributed by atoms with van der Waals surface area (Å²) in [5.74, 6) is 0. The van der Waals surface area contributed by atoms with E-state index in [0.717, 1.165) is 8.47 Å². The SMILES string of the molecule is N#CC1=C(C#N)SC(=C/C=C/C=C/C2SC(/C=C/C=C/C=C3SC(C#N)=C(C#N)S3)S2)S1.